The second kappa shape index (κ2) is 5.97. The van der Waals surface area contributed by atoms with Gasteiger partial charge in [0.15, 0.2) is 5.69 Å². The molecule has 0 fully saturated rings. The molecule has 1 aromatic carbocycles. The van der Waals surface area contributed by atoms with Crippen LogP contribution in [-0.4, -0.2) is 25.5 Å². The summed E-state index contributed by atoms with van der Waals surface area (Å²) in [6.45, 7) is 0. The maximum Gasteiger partial charge on any atom is 0.435 e. The highest BCUT2D eigenvalue weighted by atomic mass is 19.4. The molecule has 2 N–H and O–H groups in total. The molecule has 26 heavy (non-hydrogen) atoms. The van der Waals surface area contributed by atoms with Crippen LogP contribution < -0.4 is 5.73 Å². The van der Waals surface area contributed by atoms with Crippen LogP contribution in [0.5, 0.6) is 0 Å². The predicted octanol–water partition coefficient (Wildman–Crippen LogP) is 2.74. The highest BCUT2D eigenvalue weighted by molar-refractivity contribution is 5.92. The largest absolute Gasteiger partial charge is 0.435 e. The van der Waals surface area contributed by atoms with Crippen LogP contribution in [0, 0.1) is 5.82 Å². The Morgan fingerprint density at radius 2 is 1.77 bits per heavy atom. The van der Waals surface area contributed by atoms with Crippen LogP contribution in [-0.2, 0) is 20.3 Å². The van der Waals surface area contributed by atoms with Gasteiger partial charge in [-0.25, -0.2) is 4.39 Å². The number of amides is 1. The number of alkyl halides is 3. The molecule has 3 aromatic rings. The lowest BCUT2D eigenvalue weighted by molar-refractivity contribution is -0.141. The van der Waals surface area contributed by atoms with Crippen molar-refractivity contribution in [2.75, 3.05) is 0 Å². The lowest BCUT2D eigenvalue weighted by Crippen LogP contribution is -2.15. The van der Waals surface area contributed by atoms with Crippen LogP contribution in [0.25, 0.3) is 22.5 Å². The summed E-state index contributed by atoms with van der Waals surface area (Å²) in [6.07, 6.45) is -4.62. The van der Waals surface area contributed by atoms with E-state index in [0.29, 0.717) is 11.3 Å². The van der Waals surface area contributed by atoms with Gasteiger partial charge >= 0.3 is 6.18 Å². The van der Waals surface area contributed by atoms with Crippen molar-refractivity contribution in [2.45, 2.75) is 6.18 Å². The number of halogens is 4. The number of hydrogen-bond acceptors (Lipinski definition) is 3. The fourth-order valence-corrected chi connectivity index (χ4v) is 2.58. The summed E-state index contributed by atoms with van der Waals surface area (Å²) in [5, 5.41) is 7.45. The molecule has 2 aromatic heterocycles. The predicted molar refractivity (Wildman–Crippen MR) is 84.3 cm³/mol. The average Bonchev–Trinajstić information content (AvgIpc) is 3.10. The Morgan fingerprint density at radius 3 is 2.27 bits per heavy atom. The number of nitrogens with two attached hydrogens (primary N) is 1. The number of aryl methyl sites for hydroxylation is 2. The molecular weight excluding hydrogens is 354 g/mol. The first kappa shape index (κ1) is 17.6. The summed E-state index contributed by atoms with van der Waals surface area (Å²) in [7, 11) is 2.82. The monoisotopic (exact) mass is 367 g/mol. The van der Waals surface area contributed by atoms with Gasteiger partial charge in [0.25, 0.3) is 5.91 Å². The van der Waals surface area contributed by atoms with E-state index in [9.17, 15) is 22.4 Å². The van der Waals surface area contributed by atoms with Crippen LogP contribution in [0.1, 0.15) is 16.2 Å². The molecule has 10 heteroatoms. The minimum Gasteiger partial charge on any atom is -0.364 e. The van der Waals surface area contributed by atoms with E-state index in [4.69, 9.17) is 5.73 Å². The summed E-state index contributed by atoms with van der Waals surface area (Å²) in [5.74, 6) is -1.43. The lowest BCUT2D eigenvalue weighted by Gasteiger charge is -2.05. The van der Waals surface area contributed by atoms with Crippen molar-refractivity contribution in [3.63, 3.8) is 0 Å². The smallest absolute Gasteiger partial charge is 0.364 e. The third kappa shape index (κ3) is 3.05. The maximum atomic E-state index is 14.5. The number of nitrogens with zero attached hydrogens (tertiary/aromatic N) is 4. The van der Waals surface area contributed by atoms with Crippen molar-refractivity contribution in [1.29, 1.82) is 0 Å². The summed E-state index contributed by atoms with van der Waals surface area (Å²) >= 11 is 0. The van der Waals surface area contributed by atoms with E-state index >= 15 is 0 Å². The molecular formula is C16H13F4N5O. The van der Waals surface area contributed by atoms with Gasteiger partial charge in [-0.05, 0) is 24.3 Å². The minimum absolute atomic E-state index is 0.0137. The second-order valence-corrected chi connectivity index (χ2v) is 5.63. The van der Waals surface area contributed by atoms with Crippen molar-refractivity contribution in [1.82, 2.24) is 19.6 Å². The SMILES string of the molecule is Cn1nc(-c2ccc(-c3cc(C(F)(F)F)nn3C)c(F)c2)cc1C(N)=O. The van der Waals surface area contributed by atoms with Gasteiger partial charge in [-0.1, -0.05) is 6.07 Å². The van der Waals surface area contributed by atoms with Crippen molar-refractivity contribution in [3.05, 3.63) is 47.5 Å². The summed E-state index contributed by atoms with van der Waals surface area (Å²) in [4.78, 5) is 11.3. The summed E-state index contributed by atoms with van der Waals surface area (Å²) in [6, 6.07) is 6.14. The topological polar surface area (TPSA) is 78.7 Å². The third-order valence-corrected chi connectivity index (χ3v) is 3.84. The number of benzene rings is 1. The van der Waals surface area contributed by atoms with Gasteiger partial charge in [0.2, 0.25) is 0 Å². The van der Waals surface area contributed by atoms with Crippen LogP contribution in [0.2, 0.25) is 0 Å². The van der Waals surface area contributed by atoms with Gasteiger partial charge in [0.05, 0.1) is 11.4 Å². The Balaban J connectivity index is 2.02. The Morgan fingerprint density at radius 1 is 1.08 bits per heavy atom. The number of rotatable bonds is 3. The van der Waals surface area contributed by atoms with E-state index in [1.54, 1.807) is 0 Å². The summed E-state index contributed by atoms with van der Waals surface area (Å²) in [5.41, 5.74) is 4.87. The average molecular weight is 367 g/mol. The van der Waals surface area contributed by atoms with E-state index in [1.165, 1.54) is 37.0 Å². The van der Waals surface area contributed by atoms with Crippen molar-refractivity contribution < 1.29 is 22.4 Å². The van der Waals surface area contributed by atoms with Crippen molar-refractivity contribution in [2.24, 2.45) is 19.8 Å². The molecule has 0 unspecified atom stereocenters. The zero-order valence-corrected chi connectivity index (χ0v) is 13.7. The first-order valence-corrected chi connectivity index (χ1v) is 7.33. The fourth-order valence-electron chi connectivity index (χ4n) is 2.58. The molecule has 1 amide bonds. The van der Waals surface area contributed by atoms with Crippen molar-refractivity contribution >= 4 is 5.91 Å². The number of carbonyl (C=O) groups excluding carboxylic acids is 1. The highest BCUT2D eigenvalue weighted by Crippen LogP contribution is 2.33. The molecule has 6 nitrogen and oxygen atoms in total. The Labute approximate surface area is 144 Å². The molecule has 0 spiro atoms. The van der Waals surface area contributed by atoms with E-state index in [2.05, 4.69) is 10.2 Å². The maximum absolute atomic E-state index is 14.5. The van der Waals surface area contributed by atoms with E-state index < -0.39 is 23.6 Å². The Kier molecular flexibility index (Phi) is 4.05. The van der Waals surface area contributed by atoms with Gasteiger partial charge in [-0.2, -0.15) is 23.4 Å². The first-order chi connectivity index (χ1) is 12.1. The lowest BCUT2D eigenvalue weighted by atomic mass is 10.1. The molecule has 0 bridgehead atoms. The van der Waals surface area contributed by atoms with Crippen LogP contribution in [0.3, 0.4) is 0 Å². The third-order valence-electron chi connectivity index (χ3n) is 3.84. The Hall–Kier alpha value is -3.17. The van der Waals surface area contributed by atoms with Gasteiger partial charge in [0.1, 0.15) is 11.5 Å². The van der Waals surface area contributed by atoms with Gasteiger partial charge in [-0.15, -0.1) is 0 Å². The normalized spacial score (nSPS) is 11.8. The van der Waals surface area contributed by atoms with Crippen LogP contribution >= 0.6 is 0 Å². The molecule has 0 saturated carbocycles. The van der Waals surface area contributed by atoms with Crippen LogP contribution in [0.15, 0.2) is 30.3 Å². The first-order valence-electron chi connectivity index (χ1n) is 7.33. The molecule has 0 aliphatic heterocycles. The molecule has 136 valence electrons. The molecule has 0 saturated heterocycles. The van der Waals surface area contributed by atoms with E-state index in [1.807, 2.05) is 0 Å². The number of hydrogen-bond donors (Lipinski definition) is 1. The standard InChI is InChI=1S/C16H13F4N5O/c1-24-12(7-14(23-24)16(18,19)20)9-4-3-8(5-10(9)17)11-6-13(15(21)26)25(2)22-11/h3-7H,1-2H3,(H2,21,26). The van der Waals surface area contributed by atoms with Gasteiger partial charge in [-0.3, -0.25) is 14.2 Å². The molecule has 0 atom stereocenters. The highest BCUT2D eigenvalue weighted by Gasteiger charge is 2.35. The van der Waals surface area contributed by atoms with Crippen LogP contribution in [0.4, 0.5) is 17.6 Å². The van der Waals surface area contributed by atoms with Gasteiger partial charge < -0.3 is 5.73 Å². The van der Waals surface area contributed by atoms with Crippen molar-refractivity contribution in [3.8, 4) is 22.5 Å². The zero-order chi connectivity index (χ0) is 19.2. The Bertz CT molecular complexity index is 1000. The number of carbonyl (C=O) groups is 1. The zero-order valence-electron chi connectivity index (χ0n) is 13.7. The number of aromatic nitrogens is 4. The molecule has 0 aliphatic rings. The molecule has 3 rings (SSSR count). The molecule has 0 aliphatic carbocycles. The van der Waals surface area contributed by atoms with E-state index in [0.717, 1.165) is 16.8 Å². The summed E-state index contributed by atoms with van der Waals surface area (Å²) < 4.78 is 55.1. The fraction of sp³-hybridized carbons (Fsp3) is 0.188. The molecule has 0 radical (unpaired) electrons. The quantitative estimate of drug-likeness (QED) is 0.723. The molecule has 2 heterocycles. The van der Waals surface area contributed by atoms with Gasteiger partial charge in [0, 0.05) is 25.2 Å². The minimum atomic E-state index is -4.62. The second-order valence-electron chi connectivity index (χ2n) is 5.63. The number of primary amides is 1. The van der Waals surface area contributed by atoms with E-state index in [-0.39, 0.29) is 17.0 Å².